The molecule has 0 unspecified atom stereocenters. The van der Waals surface area contributed by atoms with E-state index in [4.69, 9.17) is 4.74 Å². The predicted octanol–water partition coefficient (Wildman–Crippen LogP) is 5.11. The van der Waals surface area contributed by atoms with Gasteiger partial charge in [0.2, 0.25) is 23.2 Å². The van der Waals surface area contributed by atoms with E-state index < -0.39 is 18.0 Å². The van der Waals surface area contributed by atoms with Crippen molar-refractivity contribution >= 4 is 23.4 Å². The average Bonchev–Trinajstić information content (AvgIpc) is 2.88. The van der Waals surface area contributed by atoms with Crippen molar-refractivity contribution in [3.05, 3.63) is 59.7 Å². The van der Waals surface area contributed by atoms with Gasteiger partial charge in [0.1, 0.15) is 0 Å². The molecule has 1 amide bonds. The van der Waals surface area contributed by atoms with Crippen molar-refractivity contribution in [3.8, 4) is 17.1 Å². The maximum atomic E-state index is 13.0. The topological polar surface area (TPSA) is 68.2 Å². The molecule has 0 bridgehead atoms. The second-order valence-electron chi connectivity index (χ2n) is 6.68. The zero-order chi connectivity index (χ0) is 22.2. The number of anilines is 1. The quantitative estimate of drug-likeness (QED) is 0.521. The Morgan fingerprint density at radius 2 is 1.84 bits per heavy atom. The number of thioether (sulfide) groups is 1. The van der Waals surface area contributed by atoms with Crippen molar-refractivity contribution in [2.75, 3.05) is 10.7 Å². The first-order valence-corrected chi connectivity index (χ1v) is 10.4. The van der Waals surface area contributed by atoms with Gasteiger partial charge in [0.15, 0.2) is 5.69 Å². The number of hydrogen-bond acceptors (Lipinski definition) is 6. The molecule has 3 aromatic rings. The Morgan fingerprint density at radius 3 is 2.48 bits per heavy atom. The molecule has 31 heavy (non-hydrogen) atoms. The molecule has 10 heteroatoms. The number of ether oxygens (including phenoxy) is 1. The number of hydrogen-bond donors (Lipinski definition) is 0. The Labute approximate surface area is 180 Å². The number of fused-ring (bicyclic) bond motifs is 3. The molecule has 160 valence electrons. The van der Waals surface area contributed by atoms with Crippen molar-refractivity contribution < 1.29 is 22.7 Å². The van der Waals surface area contributed by atoms with E-state index in [0.29, 0.717) is 27.7 Å². The minimum Gasteiger partial charge on any atom is -0.447 e. The first-order chi connectivity index (χ1) is 14.8. The minimum absolute atomic E-state index is 0.159. The number of benzene rings is 2. The van der Waals surface area contributed by atoms with Crippen molar-refractivity contribution in [1.82, 2.24) is 15.2 Å². The molecule has 0 aliphatic carbocycles. The summed E-state index contributed by atoms with van der Waals surface area (Å²) in [4.78, 5) is 18.5. The Bertz CT molecular complexity index is 1120. The number of halogens is 3. The third-order valence-electron chi connectivity index (χ3n) is 4.65. The van der Waals surface area contributed by atoms with Crippen LogP contribution in [-0.4, -0.2) is 26.8 Å². The van der Waals surface area contributed by atoms with E-state index in [0.717, 1.165) is 17.9 Å². The first-order valence-electron chi connectivity index (χ1n) is 9.40. The van der Waals surface area contributed by atoms with Gasteiger partial charge >= 0.3 is 6.18 Å². The van der Waals surface area contributed by atoms with Crippen molar-refractivity contribution in [2.24, 2.45) is 0 Å². The van der Waals surface area contributed by atoms with E-state index in [2.05, 4.69) is 15.2 Å². The lowest BCUT2D eigenvalue weighted by Gasteiger charge is -2.30. The molecule has 6 nitrogen and oxygen atoms in total. The highest BCUT2D eigenvalue weighted by molar-refractivity contribution is 7.99. The molecule has 1 atom stereocenters. The lowest BCUT2D eigenvalue weighted by atomic mass is 10.1. The van der Waals surface area contributed by atoms with Crippen molar-refractivity contribution in [3.63, 3.8) is 0 Å². The van der Waals surface area contributed by atoms with Crippen LogP contribution in [0.4, 0.5) is 18.9 Å². The van der Waals surface area contributed by atoms with Gasteiger partial charge in [-0.2, -0.15) is 18.2 Å². The largest absolute Gasteiger partial charge is 0.447 e. The molecule has 0 fully saturated rings. The van der Waals surface area contributed by atoms with E-state index in [9.17, 15) is 18.0 Å². The number of carbonyl (C=O) groups excluding carboxylic acids is 1. The van der Waals surface area contributed by atoms with Gasteiger partial charge < -0.3 is 4.74 Å². The van der Waals surface area contributed by atoms with Gasteiger partial charge in [0.25, 0.3) is 0 Å². The monoisotopic (exact) mass is 446 g/mol. The van der Waals surface area contributed by atoms with Gasteiger partial charge in [0, 0.05) is 18.1 Å². The lowest BCUT2D eigenvalue weighted by Crippen LogP contribution is -2.36. The van der Waals surface area contributed by atoms with Crippen molar-refractivity contribution in [1.29, 1.82) is 0 Å². The first kappa shape index (κ1) is 21.1. The van der Waals surface area contributed by atoms with E-state index in [1.54, 1.807) is 24.3 Å². The van der Waals surface area contributed by atoms with Crippen LogP contribution in [0.2, 0.25) is 0 Å². The summed E-state index contributed by atoms with van der Waals surface area (Å²) < 4.78 is 45.2. The van der Waals surface area contributed by atoms with Crippen LogP contribution in [0.5, 0.6) is 5.88 Å². The van der Waals surface area contributed by atoms with Crippen LogP contribution in [-0.2, 0) is 11.0 Å². The highest BCUT2D eigenvalue weighted by Crippen LogP contribution is 2.43. The molecule has 1 aromatic heterocycles. The molecule has 4 rings (SSSR count). The maximum absolute atomic E-state index is 13.0. The number of alkyl halides is 3. The van der Waals surface area contributed by atoms with Crippen LogP contribution in [0.25, 0.3) is 11.3 Å². The van der Waals surface area contributed by atoms with Crippen LogP contribution < -0.4 is 9.64 Å². The Kier molecular flexibility index (Phi) is 5.57. The summed E-state index contributed by atoms with van der Waals surface area (Å²) in [7, 11) is 0. The van der Waals surface area contributed by atoms with E-state index in [1.165, 1.54) is 35.7 Å². The molecule has 0 radical (unpaired) electrons. The number of amides is 1. The van der Waals surface area contributed by atoms with Gasteiger partial charge in [0.05, 0.1) is 11.3 Å². The summed E-state index contributed by atoms with van der Waals surface area (Å²) in [6, 6.07) is 11.6. The van der Waals surface area contributed by atoms with Crippen LogP contribution in [0.15, 0.2) is 53.7 Å². The van der Waals surface area contributed by atoms with Gasteiger partial charge in [-0.05, 0) is 24.0 Å². The third kappa shape index (κ3) is 4.07. The molecular weight excluding hydrogens is 429 g/mol. The highest BCUT2D eigenvalue weighted by atomic mass is 32.2. The molecule has 0 spiro atoms. The smallest absolute Gasteiger partial charge is 0.416 e. The van der Waals surface area contributed by atoms with Crippen LogP contribution in [0.1, 0.15) is 31.2 Å². The molecule has 0 saturated heterocycles. The lowest BCUT2D eigenvalue weighted by molar-refractivity contribution is -0.137. The summed E-state index contributed by atoms with van der Waals surface area (Å²) in [6.07, 6.45) is -5.50. The van der Waals surface area contributed by atoms with Gasteiger partial charge in [-0.3, -0.25) is 9.69 Å². The summed E-state index contributed by atoms with van der Waals surface area (Å²) >= 11 is 1.37. The Morgan fingerprint density at radius 1 is 1.13 bits per heavy atom. The molecule has 2 aromatic carbocycles. The summed E-state index contributed by atoms with van der Waals surface area (Å²) in [6.45, 7) is 3.31. The van der Waals surface area contributed by atoms with Gasteiger partial charge in [-0.25, -0.2) is 0 Å². The summed E-state index contributed by atoms with van der Waals surface area (Å²) in [5.74, 6) is 0.534. The zero-order valence-corrected chi connectivity index (χ0v) is 17.4. The van der Waals surface area contributed by atoms with Gasteiger partial charge in [-0.15, -0.1) is 10.2 Å². The highest BCUT2D eigenvalue weighted by Gasteiger charge is 2.35. The van der Waals surface area contributed by atoms with Crippen LogP contribution in [0.3, 0.4) is 0 Å². The normalized spacial score (nSPS) is 15.5. The third-order valence-corrected chi connectivity index (χ3v) is 5.37. The summed E-state index contributed by atoms with van der Waals surface area (Å²) in [5.41, 5.74) is 1.04. The van der Waals surface area contributed by atoms with Gasteiger partial charge in [-0.1, -0.05) is 49.0 Å². The van der Waals surface area contributed by atoms with Crippen molar-refractivity contribution in [2.45, 2.75) is 31.4 Å². The Balaban J connectivity index is 1.88. The molecule has 1 aliphatic rings. The molecule has 0 N–H and O–H groups in total. The predicted molar refractivity (Wildman–Crippen MR) is 110 cm³/mol. The standard InChI is InChI=1S/C21H17F3N4O2S/c1-3-31-20-25-18-17(26-27-20)15-6-4-5-7-16(15)28(12(2)29)19(30-18)13-8-10-14(11-9-13)21(22,23)24/h4-11,19H,3H2,1-2H3/t19-/m0/s1. The van der Waals surface area contributed by atoms with Crippen LogP contribution >= 0.6 is 11.8 Å². The number of para-hydroxylation sites is 1. The summed E-state index contributed by atoms with van der Waals surface area (Å²) in [5, 5.41) is 8.79. The fourth-order valence-electron chi connectivity index (χ4n) is 3.30. The molecule has 1 aliphatic heterocycles. The second-order valence-corrected chi connectivity index (χ2v) is 7.91. The Hall–Kier alpha value is -3.14. The molecular formula is C21H17F3N4O2S. The fourth-order valence-corrected chi connectivity index (χ4v) is 3.80. The number of aromatic nitrogens is 3. The van der Waals surface area contributed by atoms with E-state index >= 15 is 0 Å². The van der Waals surface area contributed by atoms with Crippen LogP contribution in [0, 0.1) is 0 Å². The number of carbonyl (C=O) groups is 1. The maximum Gasteiger partial charge on any atom is 0.416 e. The second kappa shape index (κ2) is 8.18. The fraction of sp³-hybridized carbons (Fsp3) is 0.238. The number of nitrogens with zero attached hydrogens (tertiary/aromatic N) is 4. The zero-order valence-electron chi connectivity index (χ0n) is 16.6. The molecule has 0 saturated carbocycles. The number of rotatable bonds is 3. The van der Waals surface area contributed by atoms with E-state index in [1.807, 2.05) is 6.92 Å². The molecule has 2 heterocycles. The SMILES string of the molecule is CCSc1nnc2c(n1)O[C@@H](c1ccc(C(F)(F)F)cc1)N(C(C)=O)c1ccccc1-2. The van der Waals surface area contributed by atoms with E-state index in [-0.39, 0.29) is 11.8 Å². The minimum atomic E-state index is -4.47. The average molecular weight is 446 g/mol.